The van der Waals surface area contributed by atoms with E-state index in [0.29, 0.717) is 34.5 Å². The number of hydrogen-bond acceptors (Lipinski definition) is 7. The molecule has 4 N–H and O–H groups in total. The van der Waals surface area contributed by atoms with Crippen LogP contribution in [0.5, 0.6) is 0 Å². The van der Waals surface area contributed by atoms with E-state index in [-0.39, 0.29) is 18.0 Å². The standard InChI is InChI=1S/C20H20N6O3S/c1-2-13-12-21-19(15-4-3-5-16(10-15)30(28,29)22-8-9-27)24-20(13)23-18-11-17(25-26-18)14-6-7-14/h1,3-5,10-12,14,22,27H,6-9H2,(H2,21,23,24,25,26). The summed E-state index contributed by atoms with van der Waals surface area (Å²) < 4.78 is 27.0. The van der Waals surface area contributed by atoms with Gasteiger partial charge in [-0.15, -0.1) is 6.42 Å². The molecule has 0 radical (unpaired) electrons. The summed E-state index contributed by atoms with van der Waals surface area (Å²) >= 11 is 0. The number of aromatic nitrogens is 4. The first-order chi connectivity index (χ1) is 14.5. The van der Waals surface area contributed by atoms with Crippen LogP contribution in [0.15, 0.2) is 41.4 Å². The molecule has 0 spiro atoms. The molecule has 9 nitrogen and oxygen atoms in total. The van der Waals surface area contributed by atoms with Gasteiger partial charge in [0.2, 0.25) is 10.0 Å². The Morgan fingerprint density at radius 3 is 2.87 bits per heavy atom. The smallest absolute Gasteiger partial charge is 0.240 e. The molecule has 30 heavy (non-hydrogen) atoms. The van der Waals surface area contributed by atoms with Crippen molar-refractivity contribution in [2.45, 2.75) is 23.7 Å². The van der Waals surface area contributed by atoms with Crippen molar-refractivity contribution in [2.75, 3.05) is 18.5 Å². The van der Waals surface area contributed by atoms with Crippen LogP contribution < -0.4 is 10.0 Å². The summed E-state index contributed by atoms with van der Waals surface area (Å²) in [6.45, 7) is -0.359. The highest BCUT2D eigenvalue weighted by Gasteiger charge is 2.26. The average Bonchev–Trinajstić information content (AvgIpc) is 3.51. The predicted molar refractivity (Wildman–Crippen MR) is 112 cm³/mol. The highest BCUT2D eigenvalue weighted by molar-refractivity contribution is 7.89. The lowest BCUT2D eigenvalue weighted by Crippen LogP contribution is -2.26. The third-order valence-corrected chi connectivity index (χ3v) is 6.06. The van der Waals surface area contributed by atoms with Gasteiger partial charge in [-0.3, -0.25) is 5.10 Å². The highest BCUT2D eigenvalue weighted by Crippen LogP contribution is 2.39. The zero-order valence-electron chi connectivity index (χ0n) is 16.0. The van der Waals surface area contributed by atoms with Crippen molar-refractivity contribution in [3.8, 4) is 23.7 Å². The number of rotatable bonds is 8. The minimum absolute atomic E-state index is 0.0511. The number of sulfonamides is 1. The quantitative estimate of drug-likeness (QED) is 0.405. The Hall–Kier alpha value is -3.26. The van der Waals surface area contributed by atoms with Crippen LogP contribution in [-0.2, 0) is 10.0 Å². The zero-order valence-corrected chi connectivity index (χ0v) is 16.8. The fourth-order valence-corrected chi connectivity index (χ4v) is 3.97. The number of benzene rings is 1. The third-order valence-electron chi connectivity index (χ3n) is 4.60. The first-order valence-electron chi connectivity index (χ1n) is 9.37. The van der Waals surface area contributed by atoms with Crippen molar-refractivity contribution in [3.05, 3.63) is 47.8 Å². The van der Waals surface area contributed by atoms with Gasteiger partial charge in [-0.05, 0) is 25.0 Å². The van der Waals surface area contributed by atoms with E-state index in [1.165, 1.54) is 18.3 Å². The first-order valence-corrected chi connectivity index (χ1v) is 10.9. The molecule has 4 rings (SSSR count). The van der Waals surface area contributed by atoms with Gasteiger partial charge >= 0.3 is 0 Å². The van der Waals surface area contributed by atoms with Gasteiger partial charge in [0.15, 0.2) is 11.6 Å². The monoisotopic (exact) mass is 424 g/mol. The Kier molecular flexibility index (Phi) is 5.50. The van der Waals surface area contributed by atoms with E-state index in [0.717, 1.165) is 18.5 Å². The molecular weight excluding hydrogens is 404 g/mol. The molecule has 154 valence electrons. The maximum atomic E-state index is 12.3. The van der Waals surface area contributed by atoms with Crippen molar-refractivity contribution in [3.63, 3.8) is 0 Å². The molecule has 1 fully saturated rings. The molecule has 0 amide bonds. The van der Waals surface area contributed by atoms with Gasteiger partial charge in [0, 0.05) is 30.3 Å². The second kappa shape index (κ2) is 8.23. The van der Waals surface area contributed by atoms with Gasteiger partial charge in [0.25, 0.3) is 0 Å². The van der Waals surface area contributed by atoms with Gasteiger partial charge < -0.3 is 10.4 Å². The summed E-state index contributed by atoms with van der Waals surface area (Å²) in [5.74, 6) is 4.46. The molecule has 2 aromatic heterocycles. The number of nitrogens with zero attached hydrogens (tertiary/aromatic N) is 3. The van der Waals surface area contributed by atoms with Crippen LogP contribution in [0.1, 0.15) is 30.0 Å². The molecule has 1 saturated carbocycles. The van der Waals surface area contributed by atoms with Gasteiger partial charge in [-0.1, -0.05) is 18.1 Å². The lowest BCUT2D eigenvalue weighted by atomic mass is 10.2. The zero-order chi connectivity index (χ0) is 21.1. The predicted octanol–water partition coefficient (Wildman–Crippen LogP) is 1.74. The second-order valence-corrected chi connectivity index (χ2v) is 8.62. The molecule has 0 bridgehead atoms. The van der Waals surface area contributed by atoms with E-state index < -0.39 is 10.0 Å². The van der Waals surface area contributed by atoms with Crippen LogP contribution >= 0.6 is 0 Å². The van der Waals surface area contributed by atoms with Crippen LogP contribution in [0, 0.1) is 12.3 Å². The fraction of sp³-hybridized carbons (Fsp3) is 0.250. The van der Waals surface area contributed by atoms with E-state index in [1.54, 1.807) is 12.1 Å². The molecule has 0 atom stereocenters. The summed E-state index contributed by atoms with van der Waals surface area (Å²) in [5.41, 5.74) is 1.98. The van der Waals surface area contributed by atoms with Crippen molar-refractivity contribution >= 4 is 21.7 Å². The Balaban J connectivity index is 1.64. The summed E-state index contributed by atoms with van der Waals surface area (Å²) in [7, 11) is -3.75. The topological polar surface area (TPSA) is 133 Å². The van der Waals surface area contributed by atoms with E-state index >= 15 is 0 Å². The minimum Gasteiger partial charge on any atom is -0.395 e. The first kappa shape index (κ1) is 20.0. The van der Waals surface area contributed by atoms with Crippen molar-refractivity contribution < 1.29 is 13.5 Å². The normalized spacial score (nSPS) is 13.7. The number of H-pyrrole nitrogens is 1. The molecule has 0 aliphatic heterocycles. The lowest BCUT2D eigenvalue weighted by molar-refractivity contribution is 0.301. The third kappa shape index (κ3) is 4.33. The van der Waals surface area contributed by atoms with E-state index in [9.17, 15) is 8.42 Å². The number of nitrogens with one attached hydrogen (secondary N) is 3. The molecule has 1 aliphatic rings. The van der Waals surface area contributed by atoms with E-state index in [1.807, 2.05) is 6.07 Å². The van der Waals surface area contributed by atoms with Gasteiger partial charge in [-0.2, -0.15) is 5.10 Å². The van der Waals surface area contributed by atoms with Crippen molar-refractivity contribution in [1.82, 2.24) is 24.9 Å². The largest absolute Gasteiger partial charge is 0.395 e. The number of hydrogen-bond donors (Lipinski definition) is 4. The SMILES string of the molecule is C#Cc1cnc(-c2cccc(S(=O)(=O)NCCO)c2)nc1Nc1cc(C2CC2)n[nH]1. The number of anilines is 2. The second-order valence-electron chi connectivity index (χ2n) is 6.86. The molecule has 3 aromatic rings. The summed E-state index contributed by atoms with van der Waals surface area (Å²) in [4.78, 5) is 8.82. The summed E-state index contributed by atoms with van der Waals surface area (Å²) in [5, 5.41) is 19.2. The van der Waals surface area contributed by atoms with Gasteiger partial charge in [0.1, 0.15) is 5.82 Å². The Labute approximate surface area is 174 Å². The highest BCUT2D eigenvalue weighted by atomic mass is 32.2. The summed E-state index contributed by atoms with van der Waals surface area (Å²) in [6, 6.07) is 8.17. The minimum atomic E-state index is -3.75. The number of aliphatic hydroxyl groups is 1. The number of terminal acetylenes is 1. The Bertz CT molecular complexity index is 1210. The maximum absolute atomic E-state index is 12.3. The van der Waals surface area contributed by atoms with Crippen molar-refractivity contribution in [1.29, 1.82) is 0 Å². The average molecular weight is 424 g/mol. The van der Waals surface area contributed by atoms with Crippen molar-refractivity contribution in [2.24, 2.45) is 0 Å². The molecular formula is C20H20N6O3S. The number of aliphatic hydroxyl groups excluding tert-OH is 1. The molecule has 2 heterocycles. The van der Waals surface area contributed by atoms with Gasteiger partial charge in [-0.25, -0.2) is 23.1 Å². The number of aromatic amines is 1. The van der Waals surface area contributed by atoms with Gasteiger partial charge in [0.05, 0.1) is 22.8 Å². The van der Waals surface area contributed by atoms with Crippen LogP contribution in [0.25, 0.3) is 11.4 Å². The maximum Gasteiger partial charge on any atom is 0.240 e. The molecule has 0 saturated heterocycles. The Morgan fingerprint density at radius 2 is 2.13 bits per heavy atom. The van der Waals surface area contributed by atoms with Crippen LogP contribution in [0.3, 0.4) is 0 Å². The fourth-order valence-electron chi connectivity index (χ4n) is 2.90. The molecule has 0 unspecified atom stereocenters. The van der Waals surface area contributed by atoms with Crippen LogP contribution in [-0.4, -0.2) is 46.8 Å². The lowest BCUT2D eigenvalue weighted by Gasteiger charge is -2.09. The van der Waals surface area contributed by atoms with E-state index in [2.05, 4.69) is 36.1 Å². The van der Waals surface area contributed by atoms with E-state index in [4.69, 9.17) is 11.5 Å². The molecule has 1 aliphatic carbocycles. The van der Waals surface area contributed by atoms with Crippen LogP contribution in [0.4, 0.5) is 11.6 Å². The Morgan fingerprint density at radius 1 is 1.30 bits per heavy atom. The van der Waals surface area contributed by atoms with Crippen LogP contribution in [0.2, 0.25) is 0 Å². The summed E-state index contributed by atoms with van der Waals surface area (Å²) in [6.07, 6.45) is 9.37. The molecule has 1 aromatic carbocycles. The molecule has 10 heteroatoms.